The second-order valence-electron chi connectivity index (χ2n) is 11.1. The number of aliphatic hydroxyl groups excluding tert-OH is 2. The third-order valence-electron chi connectivity index (χ3n) is 8.37. The fraction of sp³-hybridized carbons (Fsp3) is 0.419. The molecule has 42 heavy (non-hydrogen) atoms. The Morgan fingerprint density at radius 1 is 1.05 bits per heavy atom. The Hall–Kier alpha value is -4.06. The molecule has 1 amide bonds. The van der Waals surface area contributed by atoms with Gasteiger partial charge in [-0.2, -0.15) is 9.97 Å². The zero-order chi connectivity index (χ0) is 29.1. The highest BCUT2D eigenvalue weighted by Crippen LogP contribution is 2.35. The maximum absolute atomic E-state index is 12.0. The average Bonchev–Trinajstić information content (AvgIpc) is 3.75. The van der Waals surface area contributed by atoms with Gasteiger partial charge in [-0.25, -0.2) is 4.98 Å². The SMILES string of the molecule is CCC(=O)N[C@H]1C[C@@H](n2cnc3c(NCC(c4ccccc4)c4ccccc4)nc(N[C@@H]4CCNC4)nc32)[C@H](O)[C@@H]1O. The number of carbonyl (C=O) groups excluding carboxylic acids is 1. The van der Waals surface area contributed by atoms with Gasteiger partial charge in [-0.1, -0.05) is 67.6 Å². The summed E-state index contributed by atoms with van der Waals surface area (Å²) >= 11 is 0. The third-order valence-corrected chi connectivity index (χ3v) is 8.37. The topological polar surface area (TPSA) is 149 Å². The lowest BCUT2D eigenvalue weighted by Crippen LogP contribution is -2.42. The monoisotopic (exact) mass is 570 g/mol. The van der Waals surface area contributed by atoms with E-state index < -0.39 is 24.3 Å². The van der Waals surface area contributed by atoms with Gasteiger partial charge in [-0.05, 0) is 30.5 Å². The molecule has 11 nitrogen and oxygen atoms in total. The van der Waals surface area contributed by atoms with Crippen LogP contribution in [-0.2, 0) is 4.79 Å². The largest absolute Gasteiger partial charge is 0.388 e. The van der Waals surface area contributed by atoms with Crippen LogP contribution < -0.4 is 21.3 Å². The molecule has 0 spiro atoms. The van der Waals surface area contributed by atoms with Crippen molar-refractivity contribution < 1.29 is 15.0 Å². The number of hydrogen-bond donors (Lipinski definition) is 6. The standard InChI is InChI=1S/C31H38N8O3/c1-2-25(40)36-23-15-24(28(42)27(23)41)39-18-34-26-29(37-31(38-30(26)39)35-21-13-14-32-16-21)33-17-22(19-9-5-3-6-10-19)20-11-7-4-8-12-20/h3-12,18,21-24,27-28,32,41-42H,2,13-17H2,1H3,(H,36,40)(H2,33,35,37,38)/t21-,23+,24-,27-,28+/m1/s1. The number of fused-ring (bicyclic) bond motifs is 1. The number of rotatable bonds is 10. The first kappa shape index (κ1) is 28.1. The zero-order valence-corrected chi connectivity index (χ0v) is 23.6. The molecular formula is C31H38N8O3. The van der Waals surface area contributed by atoms with Crippen LogP contribution in [0.5, 0.6) is 0 Å². The summed E-state index contributed by atoms with van der Waals surface area (Å²) in [6.07, 6.45) is 1.07. The van der Waals surface area contributed by atoms with Crippen molar-refractivity contribution in [3.63, 3.8) is 0 Å². The van der Waals surface area contributed by atoms with Gasteiger partial charge in [-0.15, -0.1) is 0 Å². The molecule has 2 aromatic heterocycles. The second kappa shape index (κ2) is 12.4. The van der Waals surface area contributed by atoms with E-state index >= 15 is 0 Å². The summed E-state index contributed by atoms with van der Waals surface area (Å²) in [5.41, 5.74) is 3.50. The molecule has 0 radical (unpaired) electrons. The maximum Gasteiger partial charge on any atom is 0.227 e. The first-order valence-electron chi connectivity index (χ1n) is 14.7. The maximum atomic E-state index is 12.0. The molecule has 5 atom stereocenters. The van der Waals surface area contributed by atoms with Crippen LogP contribution in [0, 0.1) is 0 Å². The van der Waals surface area contributed by atoms with Crippen molar-refractivity contribution in [1.82, 2.24) is 30.2 Å². The minimum absolute atomic E-state index is 0.0738. The number of nitrogens with zero attached hydrogens (tertiary/aromatic N) is 4. The molecule has 0 bridgehead atoms. The highest BCUT2D eigenvalue weighted by molar-refractivity contribution is 5.84. The van der Waals surface area contributed by atoms with Crippen LogP contribution in [0.15, 0.2) is 67.0 Å². The van der Waals surface area contributed by atoms with E-state index in [0.29, 0.717) is 42.3 Å². The van der Waals surface area contributed by atoms with Crippen molar-refractivity contribution in [3.05, 3.63) is 78.1 Å². The van der Waals surface area contributed by atoms with E-state index in [4.69, 9.17) is 9.97 Å². The van der Waals surface area contributed by atoms with Gasteiger partial charge in [-0.3, -0.25) is 4.79 Å². The normalized spacial score (nSPS) is 23.9. The van der Waals surface area contributed by atoms with E-state index in [2.05, 4.69) is 50.5 Å². The van der Waals surface area contributed by atoms with Gasteiger partial charge in [0, 0.05) is 31.5 Å². The lowest BCUT2D eigenvalue weighted by atomic mass is 9.91. The molecule has 11 heteroatoms. The molecule has 2 aromatic carbocycles. The fourth-order valence-electron chi connectivity index (χ4n) is 6.04. The Balaban J connectivity index is 1.34. The van der Waals surface area contributed by atoms with Crippen molar-refractivity contribution in [2.75, 3.05) is 30.3 Å². The molecule has 4 aromatic rings. The number of aromatic nitrogens is 4. The van der Waals surface area contributed by atoms with Gasteiger partial charge in [0.1, 0.15) is 12.2 Å². The van der Waals surface area contributed by atoms with Gasteiger partial charge in [0.25, 0.3) is 0 Å². The van der Waals surface area contributed by atoms with Gasteiger partial charge in [0.15, 0.2) is 17.0 Å². The van der Waals surface area contributed by atoms with E-state index in [9.17, 15) is 15.0 Å². The molecule has 6 N–H and O–H groups in total. The molecule has 2 fully saturated rings. The predicted octanol–water partition coefficient (Wildman–Crippen LogP) is 2.41. The van der Waals surface area contributed by atoms with Gasteiger partial charge in [0.05, 0.1) is 18.4 Å². The predicted molar refractivity (Wildman–Crippen MR) is 161 cm³/mol. The lowest BCUT2D eigenvalue weighted by molar-refractivity contribution is -0.122. The molecular weight excluding hydrogens is 532 g/mol. The number of anilines is 2. The average molecular weight is 571 g/mol. The summed E-state index contributed by atoms with van der Waals surface area (Å²) in [5.74, 6) is 0.970. The number of imidazole rings is 1. The van der Waals surface area contributed by atoms with E-state index in [1.165, 1.54) is 11.1 Å². The van der Waals surface area contributed by atoms with Crippen LogP contribution in [0.3, 0.4) is 0 Å². The molecule has 3 heterocycles. The number of aliphatic hydroxyl groups is 2. The second-order valence-corrected chi connectivity index (χ2v) is 11.1. The van der Waals surface area contributed by atoms with Crippen molar-refractivity contribution >= 4 is 28.8 Å². The summed E-state index contributed by atoms with van der Waals surface area (Å²) in [6.45, 7) is 4.08. The highest BCUT2D eigenvalue weighted by atomic mass is 16.3. The van der Waals surface area contributed by atoms with Gasteiger partial charge >= 0.3 is 0 Å². The Morgan fingerprint density at radius 2 is 1.76 bits per heavy atom. The van der Waals surface area contributed by atoms with Crippen LogP contribution in [-0.4, -0.2) is 79.6 Å². The fourth-order valence-corrected chi connectivity index (χ4v) is 6.04. The molecule has 6 rings (SSSR count). The van der Waals surface area contributed by atoms with E-state index in [0.717, 1.165) is 19.5 Å². The number of nitrogens with one attached hydrogen (secondary N) is 4. The minimum atomic E-state index is -1.10. The number of amides is 1. The van der Waals surface area contributed by atoms with Crippen LogP contribution >= 0.6 is 0 Å². The molecule has 1 saturated heterocycles. The molecule has 220 valence electrons. The number of benzene rings is 2. The van der Waals surface area contributed by atoms with E-state index in [-0.39, 0.29) is 17.9 Å². The summed E-state index contributed by atoms with van der Waals surface area (Å²) < 4.78 is 1.80. The Kier molecular flexibility index (Phi) is 8.31. The molecule has 1 aliphatic heterocycles. The molecule has 1 aliphatic carbocycles. The van der Waals surface area contributed by atoms with Gasteiger partial charge in [0.2, 0.25) is 11.9 Å². The third kappa shape index (κ3) is 5.80. The molecule has 2 aliphatic rings. The summed E-state index contributed by atoms with van der Waals surface area (Å²) in [5, 5.41) is 35.0. The van der Waals surface area contributed by atoms with Crippen LogP contribution in [0.1, 0.15) is 49.3 Å². The lowest BCUT2D eigenvalue weighted by Gasteiger charge is -2.21. The Morgan fingerprint density at radius 3 is 2.40 bits per heavy atom. The van der Waals surface area contributed by atoms with Crippen LogP contribution in [0.4, 0.5) is 11.8 Å². The molecule has 0 unspecified atom stereocenters. The summed E-state index contributed by atoms with van der Waals surface area (Å²) in [6, 6.07) is 19.9. The molecule has 1 saturated carbocycles. The first-order valence-corrected chi connectivity index (χ1v) is 14.7. The van der Waals surface area contributed by atoms with E-state index in [1.807, 2.05) is 36.4 Å². The smallest absolute Gasteiger partial charge is 0.227 e. The minimum Gasteiger partial charge on any atom is -0.388 e. The van der Waals surface area contributed by atoms with Crippen molar-refractivity contribution in [2.45, 2.75) is 62.4 Å². The van der Waals surface area contributed by atoms with Crippen molar-refractivity contribution in [3.8, 4) is 0 Å². The van der Waals surface area contributed by atoms with Crippen molar-refractivity contribution in [2.24, 2.45) is 0 Å². The zero-order valence-electron chi connectivity index (χ0n) is 23.6. The summed E-state index contributed by atoms with van der Waals surface area (Å²) in [7, 11) is 0. The summed E-state index contributed by atoms with van der Waals surface area (Å²) in [4.78, 5) is 26.4. The quantitative estimate of drug-likeness (QED) is 0.169. The number of hydrogen-bond acceptors (Lipinski definition) is 9. The van der Waals surface area contributed by atoms with Crippen LogP contribution in [0.2, 0.25) is 0 Å². The van der Waals surface area contributed by atoms with Crippen molar-refractivity contribution in [1.29, 1.82) is 0 Å². The highest BCUT2D eigenvalue weighted by Gasteiger charge is 2.43. The Bertz CT molecular complexity index is 1450. The Labute approximate surface area is 244 Å². The van der Waals surface area contributed by atoms with Gasteiger partial charge < -0.3 is 36.0 Å². The first-order chi connectivity index (χ1) is 20.5. The van der Waals surface area contributed by atoms with E-state index in [1.54, 1.807) is 17.8 Å². The number of carbonyl (C=O) groups is 1. The van der Waals surface area contributed by atoms with Crippen LogP contribution in [0.25, 0.3) is 11.2 Å².